The third-order valence-electron chi connectivity index (χ3n) is 8.64. The molecule has 2 bridgehead atoms. The second-order valence-electron chi connectivity index (χ2n) is 11.1. The normalized spacial score (nSPS) is 30.8. The van der Waals surface area contributed by atoms with E-state index >= 15 is 0 Å². The van der Waals surface area contributed by atoms with E-state index in [0.717, 1.165) is 38.5 Å². The fraction of sp³-hybridized carbons (Fsp3) is 0.759. The van der Waals surface area contributed by atoms with Crippen LogP contribution in [0.25, 0.3) is 0 Å². The minimum absolute atomic E-state index is 0.00679. The highest BCUT2D eigenvalue weighted by Crippen LogP contribution is 2.72. The zero-order valence-electron chi connectivity index (χ0n) is 23.3. The minimum Gasteiger partial charge on any atom is -0.394 e. The number of thioether (sulfide) groups is 1. The number of likely N-dealkylation sites (tertiary alicyclic amines) is 1. The number of rotatable bonds is 15. The van der Waals surface area contributed by atoms with Crippen molar-refractivity contribution in [3.8, 4) is 0 Å². The van der Waals surface area contributed by atoms with Gasteiger partial charge < -0.3 is 19.8 Å². The summed E-state index contributed by atoms with van der Waals surface area (Å²) in [6.07, 6.45) is 9.33. The van der Waals surface area contributed by atoms with E-state index in [-0.39, 0.29) is 24.3 Å². The fourth-order valence-corrected chi connectivity index (χ4v) is 9.24. The maximum absolute atomic E-state index is 14.3. The Hall–Kier alpha value is -1.80. The standard InChI is InChI=1S/C29H47N3O4S/c1-7-12-13-19-31(18-10-4)27(36)24-29-15-14-28(6,37-29)22(25(34)30(16-8-2)17-9-3)23(29)26(35)32(24)21(11-5)20-33/h8,10,21-24,33H,2,4,7,9,11-20H2,1,3,5-6H3/t21-,22+,23-,24?,28-,29?/m0/s1. The zero-order chi connectivity index (χ0) is 27.4. The molecular weight excluding hydrogens is 486 g/mol. The van der Waals surface area contributed by atoms with E-state index in [0.29, 0.717) is 32.6 Å². The Bertz CT molecular complexity index is 877. The topological polar surface area (TPSA) is 81.2 Å². The van der Waals surface area contributed by atoms with Crippen molar-refractivity contribution < 1.29 is 19.5 Å². The number of carbonyl (C=O) groups excluding carboxylic acids is 3. The maximum atomic E-state index is 14.3. The Morgan fingerprint density at radius 3 is 2.27 bits per heavy atom. The highest BCUT2D eigenvalue weighted by atomic mass is 32.2. The zero-order valence-corrected chi connectivity index (χ0v) is 24.1. The molecule has 0 radical (unpaired) electrons. The molecule has 3 heterocycles. The first-order valence-electron chi connectivity index (χ1n) is 14.1. The highest BCUT2D eigenvalue weighted by Gasteiger charge is 2.77. The number of unbranched alkanes of at least 4 members (excludes halogenated alkanes) is 2. The molecule has 37 heavy (non-hydrogen) atoms. The van der Waals surface area contributed by atoms with Gasteiger partial charge in [0.25, 0.3) is 0 Å². The number of hydrogen-bond acceptors (Lipinski definition) is 5. The number of hydrogen-bond donors (Lipinski definition) is 1. The summed E-state index contributed by atoms with van der Waals surface area (Å²) in [6.45, 7) is 17.8. The molecule has 2 unspecified atom stereocenters. The molecule has 0 aliphatic carbocycles. The van der Waals surface area contributed by atoms with Crippen LogP contribution < -0.4 is 0 Å². The van der Waals surface area contributed by atoms with Gasteiger partial charge in [-0.05, 0) is 39.0 Å². The lowest BCUT2D eigenvalue weighted by molar-refractivity contribution is -0.147. The van der Waals surface area contributed by atoms with Gasteiger partial charge >= 0.3 is 0 Å². The predicted molar refractivity (Wildman–Crippen MR) is 150 cm³/mol. The molecule has 0 saturated carbocycles. The molecule has 3 aliphatic rings. The van der Waals surface area contributed by atoms with Crippen LogP contribution in [0.4, 0.5) is 0 Å². The molecule has 7 nitrogen and oxygen atoms in total. The molecule has 3 saturated heterocycles. The average Bonchev–Trinajstić information content (AvgIpc) is 3.44. The third kappa shape index (κ3) is 5.12. The molecule has 3 aliphatic heterocycles. The van der Waals surface area contributed by atoms with Gasteiger partial charge in [-0.3, -0.25) is 14.4 Å². The monoisotopic (exact) mass is 533 g/mol. The average molecular weight is 534 g/mol. The first kappa shape index (κ1) is 29.8. The van der Waals surface area contributed by atoms with Gasteiger partial charge in [0.15, 0.2) is 0 Å². The van der Waals surface area contributed by atoms with Crippen LogP contribution in [-0.2, 0) is 14.4 Å². The molecule has 1 N–H and O–H groups in total. The number of aliphatic hydroxyl groups is 1. The van der Waals surface area contributed by atoms with Gasteiger partial charge in [0.1, 0.15) is 6.04 Å². The fourth-order valence-electron chi connectivity index (χ4n) is 6.91. The van der Waals surface area contributed by atoms with Crippen molar-refractivity contribution in [2.24, 2.45) is 11.8 Å². The molecule has 208 valence electrons. The van der Waals surface area contributed by atoms with Crippen LogP contribution in [0.3, 0.4) is 0 Å². The van der Waals surface area contributed by atoms with Crippen LogP contribution in [0, 0.1) is 11.8 Å². The summed E-state index contributed by atoms with van der Waals surface area (Å²) in [5.74, 6) is -1.28. The maximum Gasteiger partial charge on any atom is 0.247 e. The Labute approximate surface area is 227 Å². The summed E-state index contributed by atoms with van der Waals surface area (Å²) < 4.78 is -1.07. The number of amides is 3. The van der Waals surface area contributed by atoms with Gasteiger partial charge in [-0.15, -0.1) is 24.9 Å². The number of fused-ring (bicyclic) bond motifs is 1. The molecule has 8 heteroatoms. The van der Waals surface area contributed by atoms with Crippen molar-refractivity contribution in [1.29, 1.82) is 0 Å². The quantitative estimate of drug-likeness (QED) is 0.255. The first-order valence-corrected chi connectivity index (χ1v) is 14.9. The molecule has 3 rings (SSSR count). The van der Waals surface area contributed by atoms with Crippen LogP contribution in [-0.4, -0.2) is 91.9 Å². The van der Waals surface area contributed by atoms with Crippen LogP contribution in [0.15, 0.2) is 25.3 Å². The third-order valence-corrected chi connectivity index (χ3v) is 10.6. The van der Waals surface area contributed by atoms with E-state index in [1.807, 2.05) is 23.6 Å². The Balaban J connectivity index is 2.08. The largest absolute Gasteiger partial charge is 0.394 e. The van der Waals surface area contributed by atoms with Crippen molar-refractivity contribution in [3.05, 3.63) is 25.3 Å². The van der Waals surface area contributed by atoms with E-state index in [1.165, 1.54) is 0 Å². The van der Waals surface area contributed by atoms with Gasteiger partial charge in [-0.2, -0.15) is 0 Å². The molecule has 1 spiro atoms. The van der Waals surface area contributed by atoms with Gasteiger partial charge in [-0.25, -0.2) is 0 Å². The van der Waals surface area contributed by atoms with Crippen molar-refractivity contribution >= 4 is 29.5 Å². The van der Waals surface area contributed by atoms with Gasteiger partial charge in [0.05, 0.1) is 29.2 Å². The molecule has 0 aromatic carbocycles. The SMILES string of the molecule is C=CCN(CCCCC)C(=O)C1N([C@@H](CC)CO)C(=O)[C@@H]2[C@H](C(=O)N(CC=C)CCC)[C@]3(C)CCC12S3. The van der Waals surface area contributed by atoms with E-state index in [9.17, 15) is 19.5 Å². The van der Waals surface area contributed by atoms with Crippen molar-refractivity contribution in [1.82, 2.24) is 14.7 Å². The summed E-state index contributed by atoms with van der Waals surface area (Å²) in [6, 6.07) is -1.14. The number of nitrogens with zero attached hydrogens (tertiary/aromatic N) is 3. The lowest BCUT2D eigenvalue weighted by atomic mass is 9.66. The minimum atomic E-state index is -0.688. The summed E-state index contributed by atoms with van der Waals surface area (Å²) >= 11 is 1.70. The van der Waals surface area contributed by atoms with Crippen LogP contribution in [0.2, 0.25) is 0 Å². The van der Waals surface area contributed by atoms with Gasteiger partial charge in [0.2, 0.25) is 17.7 Å². The predicted octanol–water partition coefficient (Wildman–Crippen LogP) is 3.87. The van der Waals surface area contributed by atoms with Crippen LogP contribution >= 0.6 is 11.8 Å². The molecule has 0 aromatic rings. The Morgan fingerprint density at radius 1 is 1.08 bits per heavy atom. The number of carbonyl (C=O) groups is 3. The van der Waals surface area contributed by atoms with Crippen molar-refractivity contribution in [2.75, 3.05) is 32.8 Å². The summed E-state index contributed by atoms with van der Waals surface area (Å²) in [7, 11) is 0. The summed E-state index contributed by atoms with van der Waals surface area (Å²) in [5.41, 5.74) is 0. The van der Waals surface area contributed by atoms with E-state index < -0.39 is 33.4 Å². The Kier molecular flexibility index (Phi) is 9.95. The first-order chi connectivity index (χ1) is 17.7. The van der Waals surface area contributed by atoms with Crippen molar-refractivity contribution in [3.63, 3.8) is 0 Å². The lowest BCUT2D eigenvalue weighted by Gasteiger charge is -2.39. The van der Waals surface area contributed by atoms with Crippen LogP contribution in [0.5, 0.6) is 0 Å². The molecule has 3 fully saturated rings. The highest BCUT2D eigenvalue weighted by molar-refractivity contribution is 8.02. The molecule has 3 amide bonds. The molecular formula is C29H47N3O4S. The second-order valence-corrected chi connectivity index (χ2v) is 13.0. The van der Waals surface area contributed by atoms with Gasteiger partial charge in [-0.1, -0.05) is 45.8 Å². The summed E-state index contributed by atoms with van der Waals surface area (Å²) in [4.78, 5) is 48.0. The molecule has 0 aromatic heterocycles. The number of aliphatic hydroxyl groups excluding tert-OH is 1. The smallest absolute Gasteiger partial charge is 0.247 e. The second kappa shape index (κ2) is 12.4. The van der Waals surface area contributed by atoms with E-state index in [4.69, 9.17) is 0 Å². The van der Waals surface area contributed by atoms with Crippen LogP contribution in [0.1, 0.15) is 72.6 Å². The Morgan fingerprint density at radius 2 is 1.73 bits per heavy atom. The summed E-state index contributed by atoms with van der Waals surface area (Å²) in [5, 5.41) is 10.3. The van der Waals surface area contributed by atoms with E-state index in [2.05, 4.69) is 27.0 Å². The van der Waals surface area contributed by atoms with Gasteiger partial charge in [0, 0.05) is 30.9 Å². The lowest BCUT2D eigenvalue weighted by Crippen LogP contribution is -2.57. The van der Waals surface area contributed by atoms with Crippen molar-refractivity contribution in [2.45, 2.75) is 94.2 Å². The molecule has 6 atom stereocenters. The van der Waals surface area contributed by atoms with E-state index in [1.54, 1.807) is 28.8 Å².